The van der Waals surface area contributed by atoms with Gasteiger partial charge in [0.15, 0.2) is 5.69 Å². The fourth-order valence-corrected chi connectivity index (χ4v) is 2.58. The molecule has 0 aliphatic heterocycles. The van der Waals surface area contributed by atoms with Crippen LogP contribution in [0.1, 0.15) is 23.2 Å². The third-order valence-corrected chi connectivity index (χ3v) is 4.23. The number of fused-ring (bicyclic) bond motifs is 1. The zero-order chi connectivity index (χ0) is 18.0. The van der Waals surface area contributed by atoms with E-state index in [0.717, 1.165) is 5.52 Å². The van der Waals surface area contributed by atoms with E-state index in [1.807, 2.05) is 7.05 Å². The fourth-order valence-electron chi connectivity index (χ4n) is 2.27. The minimum absolute atomic E-state index is 0.142. The van der Waals surface area contributed by atoms with Crippen molar-refractivity contribution in [2.45, 2.75) is 13.3 Å². The lowest BCUT2D eigenvalue weighted by molar-refractivity contribution is 0.0514. The quantitative estimate of drug-likeness (QED) is 0.604. The Morgan fingerprint density at radius 1 is 1.28 bits per heavy atom. The molecule has 1 aromatic carbocycles. The number of halogens is 2. The van der Waals surface area contributed by atoms with Gasteiger partial charge in [-0.15, -0.1) is 0 Å². The Labute approximate surface area is 153 Å². The second kappa shape index (κ2) is 7.33. The molecular weight excluding hydrogens is 369 g/mol. The van der Waals surface area contributed by atoms with E-state index in [0.29, 0.717) is 40.4 Å². The van der Waals surface area contributed by atoms with Crippen LogP contribution in [0.2, 0.25) is 10.0 Å². The first kappa shape index (κ1) is 17.6. The molecule has 0 unspecified atom stereocenters. The highest BCUT2D eigenvalue weighted by atomic mass is 35.5. The number of carbonyl (C=O) groups excluding carboxylic acids is 1. The lowest BCUT2D eigenvalue weighted by atomic mass is 10.3. The van der Waals surface area contributed by atoms with Gasteiger partial charge >= 0.3 is 5.97 Å². The number of nitrogens with zero attached hydrogens (tertiary/aromatic N) is 3. The first-order valence-electron chi connectivity index (χ1n) is 7.56. The van der Waals surface area contributed by atoms with Crippen LogP contribution < -0.4 is 4.74 Å². The van der Waals surface area contributed by atoms with Crippen molar-refractivity contribution in [3.8, 4) is 6.01 Å². The van der Waals surface area contributed by atoms with Gasteiger partial charge in [-0.2, -0.15) is 4.98 Å². The van der Waals surface area contributed by atoms with Crippen molar-refractivity contribution in [3.63, 3.8) is 0 Å². The van der Waals surface area contributed by atoms with E-state index in [9.17, 15) is 4.79 Å². The van der Waals surface area contributed by atoms with Crippen LogP contribution in [-0.2, 0) is 18.2 Å². The van der Waals surface area contributed by atoms with Crippen molar-refractivity contribution in [1.82, 2.24) is 14.7 Å². The molecule has 3 aromatic rings. The maximum atomic E-state index is 11.5. The van der Waals surface area contributed by atoms with Crippen molar-refractivity contribution in [3.05, 3.63) is 39.7 Å². The normalized spacial score (nSPS) is 11.0. The third kappa shape index (κ3) is 3.72. The van der Waals surface area contributed by atoms with Gasteiger partial charge in [-0.05, 0) is 19.1 Å². The van der Waals surface area contributed by atoms with E-state index >= 15 is 0 Å². The number of esters is 1. The second-order valence-corrected chi connectivity index (χ2v) is 6.02. The summed E-state index contributed by atoms with van der Waals surface area (Å²) in [6.45, 7) is 2.31. The van der Waals surface area contributed by atoms with Gasteiger partial charge in [-0.1, -0.05) is 28.4 Å². The van der Waals surface area contributed by atoms with Crippen molar-refractivity contribution in [2.24, 2.45) is 7.05 Å². The molecule has 7 nitrogen and oxygen atoms in total. The summed E-state index contributed by atoms with van der Waals surface area (Å²) in [5, 5.41) is 4.57. The Balaban J connectivity index is 1.65. The summed E-state index contributed by atoms with van der Waals surface area (Å²) >= 11 is 12.0. The third-order valence-electron chi connectivity index (χ3n) is 3.50. The van der Waals surface area contributed by atoms with Gasteiger partial charge in [0.25, 0.3) is 6.01 Å². The zero-order valence-electron chi connectivity index (χ0n) is 13.6. The van der Waals surface area contributed by atoms with E-state index in [1.165, 1.54) is 6.07 Å². The molecule has 2 aromatic heterocycles. The van der Waals surface area contributed by atoms with Crippen LogP contribution >= 0.6 is 23.2 Å². The summed E-state index contributed by atoms with van der Waals surface area (Å²) in [6.07, 6.45) is 0.428. The van der Waals surface area contributed by atoms with Crippen LogP contribution in [0.5, 0.6) is 6.01 Å². The van der Waals surface area contributed by atoms with E-state index in [1.54, 1.807) is 23.6 Å². The Morgan fingerprint density at radius 3 is 2.80 bits per heavy atom. The van der Waals surface area contributed by atoms with Gasteiger partial charge in [-0.3, -0.25) is 4.57 Å². The molecule has 0 radical (unpaired) electrons. The number of aryl methyl sites for hydroxylation is 1. The van der Waals surface area contributed by atoms with Crippen LogP contribution in [0.4, 0.5) is 0 Å². The Bertz CT molecular complexity index is 920. The van der Waals surface area contributed by atoms with Gasteiger partial charge < -0.3 is 14.0 Å². The molecule has 25 heavy (non-hydrogen) atoms. The van der Waals surface area contributed by atoms with Gasteiger partial charge in [0, 0.05) is 19.5 Å². The molecule has 0 aliphatic rings. The molecule has 9 heteroatoms. The molecule has 0 bridgehead atoms. The molecule has 0 N–H and O–H groups in total. The van der Waals surface area contributed by atoms with Crippen molar-refractivity contribution in [1.29, 1.82) is 0 Å². The van der Waals surface area contributed by atoms with Crippen molar-refractivity contribution < 1.29 is 18.8 Å². The minimum atomic E-state index is -0.512. The number of hydrogen-bond acceptors (Lipinski definition) is 6. The molecule has 0 amide bonds. The van der Waals surface area contributed by atoms with Gasteiger partial charge in [0.2, 0.25) is 0 Å². The lowest BCUT2D eigenvalue weighted by Crippen LogP contribution is -2.05. The van der Waals surface area contributed by atoms with Gasteiger partial charge in [0.05, 0.1) is 34.3 Å². The number of benzene rings is 1. The van der Waals surface area contributed by atoms with Crippen molar-refractivity contribution in [2.75, 3.05) is 13.2 Å². The SMILES string of the molecule is CCOC(=O)c1cc(CCOc2nc3cc(Cl)c(Cl)cc3n2C)on1. The maximum absolute atomic E-state index is 11.5. The van der Waals surface area contributed by atoms with Crippen LogP contribution in [-0.4, -0.2) is 33.9 Å². The highest BCUT2D eigenvalue weighted by Gasteiger charge is 2.15. The number of carbonyl (C=O) groups is 1. The Kier molecular flexibility index (Phi) is 5.15. The first-order valence-corrected chi connectivity index (χ1v) is 8.32. The minimum Gasteiger partial charge on any atom is -0.464 e. The molecule has 0 atom stereocenters. The van der Waals surface area contributed by atoms with E-state index in [-0.39, 0.29) is 12.3 Å². The number of ether oxygens (including phenoxy) is 2. The van der Waals surface area contributed by atoms with E-state index in [4.69, 9.17) is 37.2 Å². The summed E-state index contributed by atoms with van der Waals surface area (Å²) in [6, 6.07) is 5.39. The van der Waals surface area contributed by atoms with Crippen LogP contribution in [0.25, 0.3) is 11.0 Å². The molecule has 0 fully saturated rings. The molecular formula is C16H15Cl2N3O4. The van der Waals surface area contributed by atoms with Crippen LogP contribution in [0.3, 0.4) is 0 Å². The number of rotatable bonds is 6. The molecule has 132 valence electrons. The fraction of sp³-hybridized carbons (Fsp3) is 0.312. The lowest BCUT2D eigenvalue weighted by Gasteiger charge is -2.04. The average molecular weight is 384 g/mol. The summed E-state index contributed by atoms with van der Waals surface area (Å²) < 4.78 is 17.4. The summed E-state index contributed by atoms with van der Waals surface area (Å²) in [4.78, 5) is 15.9. The number of hydrogen-bond donors (Lipinski definition) is 0. The summed E-state index contributed by atoms with van der Waals surface area (Å²) in [5.41, 5.74) is 1.65. The molecule has 0 spiro atoms. The molecule has 2 heterocycles. The predicted octanol–water partition coefficient (Wildman–Crippen LogP) is 3.67. The predicted molar refractivity (Wildman–Crippen MR) is 92.4 cm³/mol. The summed E-state index contributed by atoms with van der Waals surface area (Å²) in [5.74, 6) is 0.00966. The monoisotopic (exact) mass is 383 g/mol. The van der Waals surface area contributed by atoms with Crippen molar-refractivity contribution >= 4 is 40.2 Å². The average Bonchev–Trinajstić information content (AvgIpc) is 3.15. The largest absolute Gasteiger partial charge is 0.464 e. The molecule has 0 saturated heterocycles. The molecule has 0 saturated carbocycles. The highest BCUT2D eigenvalue weighted by Crippen LogP contribution is 2.29. The maximum Gasteiger partial charge on any atom is 0.360 e. The van der Waals surface area contributed by atoms with Gasteiger partial charge in [0.1, 0.15) is 5.76 Å². The Hall–Kier alpha value is -2.25. The number of aromatic nitrogens is 3. The van der Waals surface area contributed by atoms with Crippen LogP contribution in [0, 0.1) is 0 Å². The molecule has 0 aliphatic carbocycles. The summed E-state index contributed by atoms with van der Waals surface area (Å²) in [7, 11) is 1.82. The molecule has 3 rings (SSSR count). The van der Waals surface area contributed by atoms with E-state index in [2.05, 4.69) is 10.1 Å². The van der Waals surface area contributed by atoms with Gasteiger partial charge in [-0.25, -0.2) is 4.79 Å². The highest BCUT2D eigenvalue weighted by molar-refractivity contribution is 6.42. The smallest absolute Gasteiger partial charge is 0.360 e. The second-order valence-electron chi connectivity index (χ2n) is 5.21. The standard InChI is InChI=1S/C16H15Cl2N3O4/c1-3-23-15(22)13-6-9(25-20-13)4-5-24-16-19-12-7-10(17)11(18)8-14(12)21(16)2/h6-8H,3-5H2,1-2H3. The van der Waals surface area contributed by atoms with E-state index < -0.39 is 5.97 Å². The number of imidazole rings is 1. The topological polar surface area (TPSA) is 79.4 Å². The zero-order valence-corrected chi connectivity index (χ0v) is 15.1. The van der Waals surface area contributed by atoms with Crippen LogP contribution in [0.15, 0.2) is 22.7 Å². The Morgan fingerprint density at radius 2 is 2.04 bits per heavy atom. The first-order chi connectivity index (χ1) is 12.0.